The third-order valence-corrected chi connectivity index (χ3v) is 7.98. The molecule has 0 bridgehead atoms. The lowest BCUT2D eigenvalue weighted by atomic mass is 10.0. The molecule has 0 saturated carbocycles. The minimum Gasteiger partial charge on any atom is -0.491 e. The van der Waals surface area contributed by atoms with E-state index >= 15 is 0 Å². The predicted octanol–water partition coefficient (Wildman–Crippen LogP) is 5.99. The van der Waals surface area contributed by atoms with Crippen molar-refractivity contribution in [2.75, 3.05) is 6.61 Å². The summed E-state index contributed by atoms with van der Waals surface area (Å²) in [5.74, 6) is -0.593. The van der Waals surface area contributed by atoms with Crippen LogP contribution in [0.4, 0.5) is 13.2 Å². The monoisotopic (exact) mass is 653 g/mol. The number of thiophene rings is 1. The van der Waals surface area contributed by atoms with Gasteiger partial charge in [-0.15, -0.1) is 11.3 Å². The minimum atomic E-state index is -4.89. The molecule has 5 aromatic heterocycles. The van der Waals surface area contributed by atoms with Crippen molar-refractivity contribution in [3.8, 4) is 28.3 Å². The van der Waals surface area contributed by atoms with Crippen LogP contribution in [0.25, 0.3) is 43.9 Å². The van der Waals surface area contributed by atoms with Crippen molar-refractivity contribution in [1.29, 1.82) is 0 Å². The summed E-state index contributed by atoms with van der Waals surface area (Å²) in [6.45, 7) is 3.13. The van der Waals surface area contributed by atoms with Gasteiger partial charge in [0.25, 0.3) is 5.56 Å². The highest BCUT2D eigenvalue weighted by Crippen LogP contribution is 2.40. The Morgan fingerprint density at radius 3 is 2.58 bits per heavy atom. The molecule has 0 aliphatic rings. The molecule has 6 rings (SSSR count). The molecule has 1 aromatic carbocycles. The maximum atomic E-state index is 13.9. The topological polar surface area (TPSA) is 146 Å². The minimum absolute atomic E-state index is 0.0359. The van der Waals surface area contributed by atoms with Gasteiger partial charge in [-0.25, -0.2) is 19.7 Å². The third-order valence-electron chi connectivity index (χ3n) is 6.74. The van der Waals surface area contributed by atoms with Gasteiger partial charge in [-0.2, -0.15) is 13.2 Å². The number of fused-ring (bicyclic) bond motifs is 2. The molecule has 228 valence electrons. The van der Waals surface area contributed by atoms with Crippen LogP contribution in [0, 0.1) is 13.8 Å². The van der Waals surface area contributed by atoms with E-state index in [4.69, 9.17) is 16.3 Å². The zero-order valence-electron chi connectivity index (χ0n) is 23.3. The van der Waals surface area contributed by atoms with E-state index in [9.17, 15) is 27.9 Å². The first-order valence-electron chi connectivity index (χ1n) is 13.1. The highest BCUT2D eigenvalue weighted by atomic mass is 35.5. The van der Waals surface area contributed by atoms with Crippen molar-refractivity contribution in [1.82, 2.24) is 34.5 Å². The predicted molar refractivity (Wildman–Crippen MR) is 160 cm³/mol. The Morgan fingerprint density at radius 2 is 1.87 bits per heavy atom. The van der Waals surface area contributed by atoms with E-state index in [2.05, 4.69) is 29.9 Å². The first-order valence-corrected chi connectivity index (χ1v) is 14.4. The normalized spacial score (nSPS) is 11.8. The molecule has 0 radical (unpaired) electrons. The van der Waals surface area contributed by atoms with Crippen LogP contribution < -0.4 is 10.3 Å². The SMILES string of the molecule is Cc1cc(-c2cc(Cl)ccc2OCCn2c(C)nc3nc(C(F)(F)F)c(-c4cnccn4)nc3c2=O)c2scc(C(=O)O)c2n1. The second-order valence-electron chi connectivity index (χ2n) is 9.73. The number of aromatic nitrogens is 7. The molecule has 0 aliphatic carbocycles. The van der Waals surface area contributed by atoms with Gasteiger partial charge >= 0.3 is 12.1 Å². The van der Waals surface area contributed by atoms with Crippen LogP contribution in [0.5, 0.6) is 5.75 Å². The van der Waals surface area contributed by atoms with Crippen LogP contribution in [0.1, 0.15) is 27.6 Å². The number of halogens is 4. The number of nitrogens with zero attached hydrogens (tertiary/aromatic N) is 7. The maximum absolute atomic E-state index is 13.9. The largest absolute Gasteiger partial charge is 0.491 e. The Bertz CT molecular complexity index is 2190. The van der Waals surface area contributed by atoms with Crippen LogP contribution in [-0.4, -0.2) is 52.2 Å². The van der Waals surface area contributed by atoms with Gasteiger partial charge < -0.3 is 9.84 Å². The fourth-order valence-electron chi connectivity index (χ4n) is 4.77. The Kier molecular flexibility index (Phi) is 7.66. The Hall–Kier alpha value is -5.02. The number of carboxylic acids is 1. The van der Waals surface area contributed by atoms with Gasteiger partial charge in [-0.05, 0) is 38.1 Å². The molecule has 5 heterocycles. The molecule has 0 fully saturated rings. The van der Waals surface area contributed by atoms with Crippen LogP contribution in [0.3, 0.4) is 0 Å². The molecule has 0 atom stereocenters. The molecule has 0 spiro atoms. The molecule has 0 saturated heterocycles. The highest BCUT2D eigenvalue weighted by Gasteiger charge is 2.38. The van der Waals surface area contributed by atoms with Crippen molar-refractivity contribution >= 4 is 50.3 Å². The average molecular weight is 654 g/mol. The molecule has 11 nitrogen and oxygen atoms in total. The van der Waals surface area contributed by atoms with Crippen LogP contribution in [-0.2, 0) is 12.7 Å². The lowest BCUT2D eigenvalue weighted by Gasteiger charge is -2.16. The quantitative estimate of drug-likeness (QED) is 0.218. The number of pyridine rings is 1. The summed E-state index contributed by atoms with van der Waals surface area (Å²) >= 11 is 7.56. The second kappa shape index (κ2) is 11.5. The average Bonchev–Trinajstić information content (AvgIpc) is 3.42. The summed E-state index contributed by atoms with van der Waals surface area (Å²) in [4.78, 5) is 49.1. The van der Waals surface area contributed by atoms with Crippen LogP contribution in [0.15, 0.2) is 53.0 Å². The van der Waals surface area contributed by atoms with E-state index in [0.29, 0.717) is 37.8 Å². The zero-order chi connectivity index (χ0) is 32.0. The van der Waals surface area contributed by atoms with Gasteiger partial charge in [-0.3, -0.25) is 24.3 Å². The summed E-state index contributed by atoms with van der Waals surface area (Å²) in [5.41, 5.74) is -1.46. The number of alkyl halides is 3. The smallest absolute Gasteiger partial charge is 0.435 e. The lowest BCUT2D eigenvalue weighted by molar-refractivity contribution is -0.140. The zero-order valence-corrected chi connectivity index (χ0v) is 24.8. The summed E-state index contributed by atoms with van der Waals surface area (Å²) in [6, 6.07) is 6.76. The molecule has 16 heteroatoms. The number of rotatable bonds is 7. The standard InChI is InChI=1S/C29H19ClF3N7O4S/c1-13-9-17(24-21(36-13)18(12-45-24)28(42)43)16-10-15(30)3-4-20(16)44-8-7-40-14(2)37-26-23(27(40)41)38-22(19-11-34-5-6-35-19)25(39-26)29(31,32)33/h3-6,9-12H,7-8H2,1-2H3,(H,42,43). The molecule has 0 unspecified atom stereocenters. The van der Waals surface area contributed by atoms with E-state index in [1.54, 1.807) is 31.2 Å². The third kappa shape index (κ3) is 5.67. The molecule has 45 heavy (non-hydrogen) atoms. The van der Waals surface area contributed by atoms with Gasteiger partial charge in [0.2, 0.25) is 0 Å². The van der Waals surface area contributed by atoms with Gasteiger partial charge in [-0.1, -0.05) is 11.6 Å². The number of carbonyl (C=O) groups is 1. The first-order chi connectivity index (χ1) is 21.4. The number of benzene rings is 1. The van der Waals surface area contributed by atoms with Crippen LogP contribution >= 0.6 is 22.9 Å². The Labute approximate surface area is 260 Å². The number of hydrogen-bond donors (Lipinski definition) is 1. The van der Waals surface area contributed by atoms with E-state index in [-0.39, 0.29) is 35.8 Å². The van der Waals surface area contributed by atoms with Crippen molar-refractivity contribution in [3.63, 3.8) is 0 Å². The maximum Gasteiger partial charge on any atom is 0.435 e. The van der Waals surface area contributed by atoms with Gasteiger partial charge in [0.1, 0.15) is 29.6 Å². The summed E-state index contributed by atoms with van der Waals surface area (Å²) in [5, 5.41) is 11.5. The molecule has 0 aliphatic heterocycles. The summed E-state index contributed by atoms with van der Waals surface area (Å²) in [6.07, 6.45) is -1.29. The van der Waals surface area contributed by atoms with Crippen molar-refractivity contribution in [2.45, 2.75) is 26.6 Å². The van der Waals surface area contributed by atoms with E-state index in [0.717, 1.165) is 6.20 Å². The van der Waals surface area contributed by atoms with Crippen molar-refractivity contribution < 1.29 is 27.8 Å². The fraction of sp³-hybridized carbons (Fsp3) is 0.172. The van der Waals surface area contributed by atoms with Gasteiger partial charge in [0, 0.05) is 39.6 Å². The number of aryl methyl sites for hydroxylation is 2. The lowest BCUT2D eigenvalue weighted by Crippen LogP contribution is -2.28. The number of aromatic carboxylic acids is 1. The van der Waals surface area contributed by atoms with E-state index in [1.165, 1.54) is 40.6 Å². The highest BCUT2D eigenvalue weighted by molar-refractivity contribution is 7.18. The first kappa shape index (κ1) is 30.0. The van der Waals surface area contributed by atoms with Crippen LogP contribution in [0.2, 0.25) is 5.02 Å². The van der Waals surface area contributed by atoms with E-state index in [1.807, 2.05) is 0 Å². The number of ether oxygens (including phenoxy) is 1. The summed E-state index contributed by atoms with van der Waals surface area (Å²) < 4.78 is 49.6. The summed E-state index contributed by atoms with van der Waals surface area (Å²) in [7, 11) is 0. The van der Waals surface area contributed by atoms with Gasteiger partial charge in [0.05, 0.1) is 28.5 Å². The second-order valence-corrected chi connectivity index (χ2v) is 11.0. The molecule has 0 amide bonds. The molecular weight excluding hydrogens is 635 g/mol. The Balaban J connectivity index is 1.36. The molecule has 6 aromatic rings. The van der Waals surface area contributed by atoms with E-state index < -0.39 is 34.7 Å². The molecule has 1 N–H and O–H groups in total. The number of carboxylic acid groups (broad SMARTS) is 1. The Morgan fingerprint density at radius 1 is 1.07 bits per heavy atom. The van der Waals surface area contributed by atoms with Crippen molar-refractivity contribution in [3.05, 3.63) is 86.4 Å². The number of hydrogen-bond acceptors (Lipinski definition) is 10. The fourth-order valence-corrected chi connectivity index (χ4v) is 5.95. The van der Waals surface area contributed by atoms with Gasteiger partial charge in [0.15, 0.2) is 16.9 Å². The van der Waals surface area contributed by atoms with Crippen molar-refractivity contribution in [2.24, 2.45) is 0 Å². The molecular formula is C29H19ClF3N7O4S.